The van der Waals surface area contributed by atoms with E-state index in [2.05, 4.69) is 15.4 Å². The first-order chi connectivity index (χ1) is 9.69. The predicted molar refractivity (Wildman–Crippen MR) is 76.7 cm³/mol. The molecule has 5 nitrogen and oxygen atoms in total. The Morgan fingerprint density at radius 2 is 1.85 bits per heavy atom. The lowest BCUT2D eigenvalue weighted by Crippen LogP contribution is -2.34. The molecule has 1 amide bonds. The average molecular weight is 276 g/mol. The lowest BCUT2D eigenvalue weighted by Gasteiger charge is -2.11. The highest BCUT2D eigenvalue weighted by molar-refractivity contribution is 5.93. The lowest BCUT2D eigenvalue weighted by molar-refractivity contribution is -0.115. The molecule has 2 N–H and O–H groups in total. The highest BCUT2D eigenvalue weighted by Gasteiger charge is 2.15. The second-order valence-corrected chi connectivity index (χ2v) is 4.98. The van der Waals surface area contributed by atoms with E-state index in [-0.39, 0.29) is 11.9 Å². The highest BCUT2D eigenvalue weighted by Crippen LogP contribution is 2.17. The molecule has 1 aromatic rings. The molecule has 0 unspecified atom stereocenters. The van der Waals surface area contributed by atoms with Crippen LogP contribution < -0.4 is 10.6 Å². The maximum atomic E-state index is 11.8. The van der Waals surface area contributed by atoms with Gasteiger partial charge in [0.1, 0.15) is 0 Å². The van der Waals surface area contributed by atoms with Gasteiger partial charge < -0.3 is 15.4 Å². The van der Waals surface area contributed by atoms with Crippen molar-refractivity contribution in [1.82, 2.24) is 5.32 Å². The summed E-state index contributed by atoms with van der Waals surface area (Å²) in [6.07, 6.45) is 4.80. The zero-order valence-electron chi connectivity index (χ0n) is 11.6. The van der Waals surface area contributed by atoms with Crippen molar-refractivity contribution in [1.29, 1.82) is 0 Å². The Hall–Kier alpha value is -1.88. The quantitative estimate of drug-likeness (QED) is 0.807. The maximum Gasteiger partial charge on any atom is 0.337 e. The summed E-state index contributed by atoms with van der Waals surface area (Å²) in [4.78, 5) is 23.1. The van der Waals surface area contributed by atoms with Gasteiger partial charge in [0.2, 0.25) is 5.91 Å². The molecule has 2 rings (SSSR count). The van der Waals surface area contributed by atoms with Gasteiger partial charge >= 0.3 is 5.97 Å². The van der Waals surface area contributed by atoms with E-state index >= 15 is 0 Å². The van der Waals surface area contributed by atoms with Gasteiger partial charge in [0.05, 0.1) is 19.2 Å². The van der Waals surface area contributed by atoms with Gasteiger partial charge in [-0.15, -0.1) is 0 Å². The van der Waals surface area contributed by atoms with Crippen molar-refractivity contribution in [3.05, 3.63) is 29.8 Å². The number of carbonyl (C=O) groups excluding carboxylic acids is 2. The number of benzene rings is 1. The minimum absolute atomic E-state index is 0.0669. The first kappa shape index (κ1) is 14.5. The number of hydrogen-bond donors (Lipinski definition) is 2. The monoisotopic (exact) mass is 276 g/mol. The number of nitrogens with one attached hydrogen (secondary N) is 2. The standard InChI is InChI=1S/C15H20N2O3/c1-20-15(19)11-6-8-13(9-7-11)17-14(18)10-16-12-4-2-3-5-12/h6-9,12,16H,2-5,10H2,1H3,(H,17,18). The third-order valence-corrected chi connectivity index (χ3v) is 3.50. The Labute approximate surface area is 118 Å². The summed E-state index contributed by atoms with van der Waals surface area (Å²) >= 11 is 0. The van der Waals surface area contributed by atoms with Crippen molar-refractivity contribution in [2.24, 2.45) is 0 Å². The van der Waals surface area contributed by atoms with Crippen LogP contribution in [0.4, 0.5) is 5.69 Å². The maximum absolute atomic E-state index is 11.8. The number of carbonyl (C=O) groups is 2. The molecule has 1 aliphatic carbocycles. The van der Waals surface area contributed by atoms with E-state index in [1.807, 2.05) is 0 Å². The summed E-state index contributed by atoms with van der Waals surface area (Å²) < 4.78 is 4.62. The van der Waals surface area contributed by atoms with Gasteiger partial charge in [0.25, 0.3) is 0 Å². The second kappa shape index (κ2) is 7.05. The molecule has 1 fully saturated rings. The molecule has 0 radical (unpaired) electrons. The Morgan fingerprint density at radius 3 is 2.45 bits per heavy atom. The van der Waals surface area contributed by atoms with Gasteiger partial charge in [-0.05, 0) is 37.1 Å². The van der Waals surface area contributed by atoms with E-state index < -0.39 is 0 Å². The van der Waals surface area contributed by atoms with Gasteiger partial charge in [-0.2, -0.15) is 0 Å². The number of hydrogen-bond acceptors (Lipinski definition) is 4. The van der Waals surface area contributed by atoms with Crippen molar-refractivity contribution in [3.8, 4) is 0 Å². The summed E-state index contributed by atoms with van der Waals surface area (Å²) in [5.41, 5.74) is 1.14. The summed E-state index contributed by atoms with van der Waals surface area (Å²) in [6.45, 7) is 0.323. The zero-order chi connectivity index (χ0) is 14.4. The smallest absolute Gasteiger partial charge is 0.337 e. The summed E-state index contributed by atoms with van der Waals surface area (Å²) in [5.74, 6) is -0.450. The summed E-state index contributed by atoms with van der Waals surface area (Å²) in [6, 6.07) is 7.12. The molecule has 5 heteroatoms. The lowest BCUT2D eigenvalue weighted by atomic mass is 10.2. The van der Waals surface area contributed by atoms with Crippen LogP contribution in [0, 0.1) is 0 Å². The topological polar surface area (TPSA) is 67.4 Å². The second-order valence-electron chi connectivity index (χ2n) is 4.98. The number of rotatable bonds is 5. The first-order valence-corrected chi connectivity index (χ1v) is 6.90. The molecule has 1 saturated carbocycles. The molecule has 0 aromatic heterocycles. The van der Waals surface area contributed by atoms with Crippen LogP contribution in [0.2, 0.25) is 0 Å². The van der Waals surface area contributed by atoms with Gasteiger partial charge in [-0.25, -0.2) is 4.79 Å². The van der Waals surface area contributed by atoms with Crippen LogP contribution in [-0.4, -0.2) is 31.6 Å². The van der Waals surface area contributed by atoms with Crippen LogP contribution in [-0.2, 0) is 9.53 Å². The van der Waals surface area contributed by atoms with Crippen molar-refractivity contribution in [2.45, 2.75) is 31.7 Å². The molecule has 0 atom stereocenters. The zero-order valence-corrected chi connectivity index (χ0v) is 11.6. The number of esters is 1. The molecule has 108 valence electrons. The fourth-order valence-corrected chi connectivity index (χ4v) is 2.38. The Morgan fingerprint density at radius 1 is 1.20 bits per heavy atom. The molecule has 20 heavy (non-hydrogen) atoms. The molecular weight excluding hydrogens is 256 g/mol. The Kier molecular flexibility index (Phi) is 5.12. The van der Waals surface area contributed by atoms with E-state index in [4.69, 9.17) is 0 Å². The van der Waals surface area contributed by atoms with Crippen molar-refractivity contribution in [3.63, 3.8) is 0 Å². The minimum Gasteiger partial charge on any atom is -0.465 e. The first-order valence-electron chi connectivity index (χ1n) is 6.90. The Balaban J connectivity index is 1.80. The molecule has 1 aliphatic rings. The van der Waals surface area contributed by atoms with Crippen LogP contribution in [0.15, 0.2) is 24.3 Å². The van der Waals surface area contributed by atoms with Gasteiger partial charge in [0.15, 0.2) is 0 Å². The fraction of sp³-hybridized carbons (Fsp3) is 0.467. The van der Waals surface area contributed by atoms with Crippen LogP contribution in [0.3, 0.4) is 0 Å². The minimum atomic E-state index is -0.384. The van der Waals surface area contributed by atoms with E-state index in [0.29, 0.717) is 23.8 Å². The molecule has 1 aromatic carbocycles. The highest BCUT2D eigenvalue weighted by atomic mass is 16.5. The summed E-state index contributed by atoms with van der Waals surface area (Å²) in [5, 5.41) is 6.05. The number of methoxy groups -OCH3 is 1. The normalized spacial score (nSPS) is 15.1. The molecule has 0 aliphatic heterocycles. The van der Waals surface area contributed by atoms with E-state index in [0.717, 1.165) is 12.8 Å². The van der Waals surface area contributed by atoms with Crippen molar-refractivity contribution in [2.75, 3.05) is 19.0 Å². The van der Waals surface area contributed by atoms with E-state index in [1.165, 1.54) is 20.0 Å². The molecule has 0 spiro atoms. The third-order valence-electron chi connectivity index (χ3n) is 3.50. The SMILES string of the molecule is COC(=O)c1ccc(NC(=O)CNC2CCCC2)cc1. The summed E-state index contributed by atoms with van der Waals surface area (Å²) in [7, 11) is 1.34. The van der Waals surface area contributed by atoms with Crippen LogP contribution in [0.5, 0.6) is 0 Å². The molecule has 0 bridgehead atoms. The number of amides is 1. The van der Waals surface area contributed by atoms with Crippen LogP contribution >= 0.6 is 0 Å². The Bertz CT molecular complexity index is 465. The average Bonchev–Trinajstić information content (AvgIpc) is 2.98. The number of anilines is 1. The molecule has 0 saturated heterocycles. The largest absolute Gasteiger partial charge is 0.465 e. The third kappa shape index (κ3) is 4.06. The van der Waals surface area contributed by atoms with Gasteiger partial charge in [0, 0.05) is 11.7 Å². The van der Waals surface area contributed by atoms with E-state index in [9.17, 15) is 9.59 Å². The van der Waals surface area contributed by atoms with Crippen LogP contribution in [0.25, 0.3) is 0 Å². The van der Waals surface area contributed by atoms with Gasteiger partial charge in [-0.1, -0.05) is 12.8 Å². The molecule has 0 heterocycles. The van der Waals surface area contributed by atoms with Crippen LogP contribution in [0.1, 0.15) is 36.0 Å². The molecular formula is C15H20N2O3. The number of ether oxygens (including phenoxy) is 1. The predicted octanol–water partition coefficient (Wildman–Crippen LogP) is 1.94. The van der Waals surface area contributed by atoms with Crippen molar-refractivity contribution < 1.29 is 14.3 Å². The van der Waals surface area contributed by atoms with Gasteiger partial charge in [-0.3, -0.25) is 4.79 Å². The fourth-order valence-electron chi connectivity index (χ4n) is 2.38. The van der Waals surface area contributed by atoms with E-state index in [1.54, 1.807) is 24.3 Å². The van der Waals surface area contributed by atoms with Crippen molar-refractivity contribution >= 4 is 17.6 Å².